The topological polar surface area (TPSA) is 37.3 Å². The molecule has 0 aromatic heterocycles. The molecule has 0 aliphatic heterocycles. The minimum atomic E-state index is -0.879. The van der Waals surface area contributed by atoms with Gasteiger partial charge in [-0.1, -0.05) is 48.4 Å². The molecule has 1 N–H and O–H groups in total. The number of hydrogen-bond acceptors (Lipinski definition) is 1. The molecule has 1 aliphatic rings. The van der Waals surface area contributed by atoms with Crippen LogP contribution in [0, 0.1) is 0 Å². The molecule has 0 atom stereocenters. The molecule has 3 rings (SSSR count). The molecule has 0 unspecified atom stereocenters. The summed E-state index contributed by atoms with van der Waals surface area (Å²) in [6.07, 6.45) is 4.12. The molecule has 1 fully saturated rings. The maximum atomic E-state index is 10.2. The number of carboxylic acids is 1. The van der Waals surface area contributed by atoms with E-state index in [-0.39, 0.29) is 0 Å². The van der Waals surface area contributed by atoms with Crippen molar-refractivity contribution < 1.29 is 9.90 Å². The van der Waals surface area contributed by atoms with Crippen molar-refractivity contribution in [3.8, 4) is 0 Å². The van der Waals surface area contributed by atoms with Crippen LogP contribution in [-0.2, 0) is 0 Å². The molecule has 0 radical (unpaired) electrons. The predicted octanol–water partition coefficient (Wildman–Crippen LogP) is 4.99. The van der Waals surface area contributed by atoms with E-state index < -0.39 is 5.97 Å². The highest BCUT2D eigenvalue weighted by Crippen LogP contribution is 2.36. The second kappa shape index (κ2) is 7.11. The van der Waals surface area contributed by atoms with E-state index in [1.54, 1.807) is 30.3 Å². The second-order valence-corrected chi connectivity index (χ2v) is 5.29. The second-order valence-electron chi connectivity index (χ2n) is 4.85. The molecule has 3 heteroatoms. The van der Waals surface area contributed by atoms with E-state index >= 15 is 0 Å². The van der Waals surface area contributed by atoms with Crippen LogP contribution >= 0.6 is 11.6 Å². The highest BCUT2D eigenvalue weighted by atomic mass is 35.5. The number of benzene rings is 2. The van der Waals surface area contributed by atoms with Crippen LogP contribution in [0.1, 0.15) is 41.1 Å². The summed E-state index contributed by atoms with van der Waals surface area (Å²) in [5.41, 5.74) is 1.79. The summed E-state index contributed by atoms with van der Waals surface area (Å²) in [5.74, 6) is -0.0529. The standard InChI is InChI=1S/C10H11Cl.C7H6O2/c11-10-6-4-9(5-7-10)8-2-1-3-8;8-7(9)6-4-2-1-3-5-6/h4-8H,1-3H2;1-5H,(H,8,9). The van der Waals surface area contributed by atoms with Crippen LogP contribution in [0.5, 0.6) is 0 Å². The van der Waals surface area contributed by atoms with Gasteiger partial charge >= 0.3 is 5.97 Å². The van der Waals surface area contributed by atoms with Crippen molar-refractivity contribution in [1.29, 1.82) is 0 Å². The van der Waals surface area contributed by atoms with E-state index in [1.165, 1.54) is 24.8 Å². The van der Waals surface area contributed by atoms with Gasteiger partial charge in [0.1, 0.15) is 0 Å². The molecule has 0 spiro atoms. The van der Waals surface area contributed by atoms with E-state index in [2.05, 4.69) is 12.1 Å². The summed E-state index contributed by atoms with van der Waals surface area (Å²) in [7, 11) is 0. The summed E-state index contributed by atoms with van der Waals surface area (Å²) < 4.78 is 0. The van der Waals surface area contributed by atoms with Crippen LogP contribution in [0.15, 0.2) is 54.6 Å². The SMILES string of the molecule is Clc1ccc(C2CCC2)cc1.O=C(O)c1ccccc1. The Labute approximate surface area is 124 Å². The molecule has 2 aromatic carbocycles. The lowest BCUT2D eigenvalue weighted by Crippen LogP contribution is -2.07. The lowest BCUT2D eigenvalue weighted by Gasteiger charge is -2.25. The van der Waals surface area contributed by atoms with E-state index in [0.717, 1.165) is 10.9 Å². The van der Waals surface area contributed by atoms with Gasteiger partial charge in [-0.15, -0.1) is 0 Å². The van der Waals surface area contributed by atoms with Crippen LogP contribution in [0.2, 0.25) is 5.02 Å². The molecular formula is C17H17ClO2. The smallest absolute Gasteiger partial charge is 0.335 e. The molecule has 104 valence electrons. The van der Waals surface area contributed by atoms with Crippen molar-refractivity contribution in [2.45, 2.75) is 25.2 Å². The van der Waals surface area contributed by atoms with Gasteiger partial charge in [0.2, 0.25) is 0 Å². The fourth-order valence-corrected chi connectivity index (χ4v) is 2.18. The Morgan fingerprint density at radius 3 is 2.00 bits per heavy atom. The third kappa shape index (κ3) is 4.10. The minimum absolute atomic E-state index is 0.331. The number of hydrogen-bond donors (Lipinski definition) is 1. The van der Waals surface area contributed by atoms with E-state index in [9.17, 15) is 4.79 Å². The highest BCUT2D eigenvalue weighted by Gasteiger charge is 2.18. The summed E-state index contributed by atoms with van der Waals surface area (Å²) in [6, 6.07) is 16.5. The Bertz CT molecular complexity index is 545. The lowest BCUT2D eigenvalue weighted by molar-refractivity contribution is 0.0697. The molecule has 0 bridgehead atoms. The van der Waals surface area contributed by atoms with E-state index in [0.29, 0.717) is 5.56 Å². The Balaban J connectivity index is 0.000000151. The normalized spacial score (nSPS) is 13.8. The van der Waals surface area contributed by atoms with Crippen molar-refractivity contribution >= 4 is 17.6 Å². The average Bonchev–Trinajstić information content (AvgIpc) is 2.41. The molecule has 1 saturated carbocycles. The van der Waals surface area contributed by atoms with Gasteiger partial charge < -0.3 is 5.11 Å². The third-order valence-corrected chi connectivity index (χ3v) is 3.72. The Morgan fingerprint density at radius 2 is 1.60 bits per heavy atom. The van der Waals surface area contributed by atoms with Gasteiger partial charge in [-0.05, 0) is 48.6 Å². The lowest BCUT2D eigenvalue weighted by atomic mass is 9.80. The maximum absolute atomic E-state index is 10.2. The van der Waals surface area contributed by atoms with E-state index in [1.807, 2.05) is 12.1 Å². The van der Waals surface area contributed by atoms with Crippen molar-refractivity contribution in [2.75, 3.05) is 0 Å². The Hall–Kier alpha value is -1.80. The third-order valence-electron chi connectivity index (χ3n) is 3.47. The van der Waals surface area contributed by atoms with Gasteiger partial charge in [-0.3, -0.25) is 0 Å². The van der Waals surface area contributed by atoms with Gasteiger partial charge in [0, 0.05) is 5.02 Å². The molecule has 0 amide bonds. The van der Waals surface area contributed by atoms with Crippen LogP contribution in [-0.4, -0.2) is 11.1 Å². The quantitative estimate of drug-likeness (QED) is 0.845. The largest absolute Gasteiger partial charge is 0.478 e. The Kier molecular flexibility index (Phi) is 5.19. The first-order valence-electron chi connectivity index (χ1n) is 6.70. The monoisotopic (exact) mass is 288 g/mol. The summed E-state index contributed by atoms with van der Waals surface area (Å²) in [4.78, 5) is 10.2. The number of aromatic carboxylic acids is 1. The Morgan fingerprint density at radius 1 is 1.00 bits per heavy atom. The fourth-order valence-electron chi connectivity index (χ4n) is 2.06. The summed E-state index contributed by atoms with van der Waals surface area (Å²) in [5, 5.41) is 9.23. The molecule has 1 aliphatic carbocycles. The van der Waals surface area contributed by atoms with Crippen LogP contribution in [0.3, 0.4) is 0 Å². The summed E-state index contributed by atoms with van der Waals surface area (Å²) >= 11 is 5.78. The van der Waals surface area contributed by atoms with Crippen LogP contribution < -0.4 is 0 Å². The highest BCUT2D eigenvalue weighted by molar-refractivity contribution is 6.30. The fraction of sp³-hybridized carbons (Fsp3) is 0.235. The molecular weight excluding hydrogens is 272 g/mol. The van der Waals surface area contributed by atoms with Gasteiger partial charge in [0.25, 0.3) is 0 Å². The molecule has 0 saturated heterocycles. The van der Waals surface area contributed by atoms with Gasteiger partial charge in [-0.2, -0.15) is 0 Å². The molecule has 2 nitrogen and oxygen atoms in total. The molecule has 0 heterocycles. The number of rotatable bonds is 2. The molecule has 2 aromatic rings. The van der Waals surface area contributed by atoms with Crippen molar-refractivity contribution in [2.24, 2.45) is 0 Å². The van der Waals surface area contributed by atoms with Crippen molar-refractivity contribution in [1.82, 2.24) is 0 Å². The summed E-state index contributed by atoms with van der Waals surface area (Å²) in [6.45, 7) is 0. The maximum Gasteiger partial charge on any atom is 0.335 e. The predicted molar refractivity (Wildman–Crippen MR) is 81.4 cm³/mol. The van der Waals surface area contributed by atoms with Crippen LogP contribution in [0.4, 0.5) is 0 Å². The van der Waals surface area contributed by atoms with Crippen molar-refractivity contribution in [3.05, 3.63) is 70.7 Å². The van der Waals surface area contributed by atoms with Crippen molar-refractivity contribution in [3.63, 3.8) is 0 Å². The number of carbonyl (C=O) groups is 1. The van der Waals surface area contributed by atoms with Crippen LogP contribution in [0.25, 0.3) is 0 Å². The molecule has 20 heavy (non-hydrogen) atoms. The zero-order valence-corrected chi connectivity index (χ0v) is 11.9. The zero-order chi connectivity index (χ0) is 14.4. The van der Waals surface area contributed by atoms with Gasteiger partial charge in [0.05, 0.1) is 5.56 Å². The van der Waals surface area contributed by atoms with E-state index in [4.69, 9.17) is 16.7 Å². The minimum Gasteiger partial charge on any atom is -0.478 e. The van der Waals surface area contributed by atoms with Gasteiger partial charge in [-0.25, -0.2) is 4.79 Å². The average molecular weight is 289 g/mol. The first-order chi connectivity index (χ1) is 9.66. The number of halogens is 1. The number of carboxylic acid groups (broad SMARTS) is 1. The first kappa shape index (κ1) is 14.6. The first-order valence-corrected chi connectivity index (χ1v) is 7.08. The zero-order valence-electron chi connectivity index (χ0n) is 11.1. The van der Waals surface area contributed by atoms with Gasteiger partial charge in [0.15, 0.2) is 0 Å².